The second kappa shape index (κ2) is 11.3. The van der Waals surface area contributed by atoms with Crippen molar-refractivity contribution in [2.45, 2.75) is 32.6 Å². The molecule has 0 radical (unpaired) electrons. The van der Waals surface area contributed by atoms with E-state index in [1.54, 1.807) is 38.1 Å². The van der Waals surface area contributed by atoms with Crippen molar-refractivity contribution in [1.29, 1.82) is 0 Å². The molecule has 3 aromatic carbocycles. The van der Waals surface area contributed by atoms with Crippen molar-refractivity contribution in [2.24, 2.45) is 29.6 Å². The van der Waals surface area contributed by atoms with Gasteiger partial charge in [0.1, 0.15) is 5.75 Å². The fourth-order valence-electron chi connectivity index (χ4n) is 8.29. The Morgan fingerprint density at radius 2 is 1.17 bits per heavy atom. The third-order valence-electron chi connectivity index (χ3n) is 10.4. The minimum Gasteiger partial charge on any atom is -0.507 e. The molecule has 4 amide bonds. The van der Waals surface area contributed by atoms with E-state index >= 15 is 0 Å². The SMILES string of the molecule is Cc1cc(C2C3=CCC4C(=O)N(c5cccc(B(O)O)c5)C(=O)C4C3CC3C(=O)N(c4cccc(B(O)O)c4)C(=O)C32)cc(C)c1O. The van der Waals surface area contributed by atoms with E-state index in [1.165, 1.54) is 36.4 Å². The van der Waals surface area contributed by atoms with Crippen LogP contribution in [0.2, 0.25) is 0 Å². The van der Waals surface area contributed by atoms with Gasteiger partial charge in [0.15, 0.2) is 0 Å². The lowest BCUT2D eigenvalue weighted by atomic mass is 9.57. The molecule has 2 aliphatic heterocycles. The van der Waals surface area contributed by atoms with Crippen LogP contribution in [-0.2, 0) is 19.2 Å². The summed E-state index contributed by atoms with van der Waals surface area (Å²) in [6.07, 6.45) is 2.32. The summed E-state index contributed by atoms with van der Waals surface area (Å²) in [5.74, 6) is -6.03. The van der Waals surface area contributed by atoms with Gasteiger partial charge in [0.25, 0.3) is 0 Å². The maximum atomic E-state index is 14.3. The van der Waals surface area contributed by atoms with Crippen LogP contribution in [0.15, 0.2) is 72.3 Å². The monoisotopic (exact) mass is 634 g/mol. The molecule has 47 heavy (non-hydrogen) atoms. The maximum Gasteiger partial charge on any atom is 0.488 e. The average molecular weight is 634 g/mol. The van der Waals surface area contributed by atoms with Crippen LogP contribution in [0.5, 0.6) is 5.75 Å². The van der Waals surface area contributed by atoms with Crippen molar-refractivity contribution in [3.05, 3.63) is 89.0 Å². The van der Waals surface area contributed by atoms with Crippen LogP contribution in [0, 0.1) is 43.4 Å². The standard InChI is InChI=1S/C34H32B2N2O9/c1-16-11-18(12-17(2)30(16)39)27-23-9-10-24-28(33(42)37(31(24)40)21-7-3-5-19(13-21)35(44)45)25(23)15-26-29(27)34(43)38(32(26)41)22-8-4-6-20(14-22)36(46)47/h3-9,11-14,24-29,39,44-47H,10,15H2,1-2H3. The molecular formula is C34H32B2N2O9. The van der Waals surface area contributed by atoms with E-state index in [9.17, 15) is 44.4 Å². The molecule has 0 aromatic heterocycles. The van der Waals surface area contributed by atoms with E-state index < -0.39 is 73.4 Å². The van der Waals surface area contributed by atoms with Gasteiger partial charge in [0.2, 0.25) is 23.6 Å². The predicted octanol–water partition coefficient (Wildman–Crippen LogP) is 0.414. The summed E-state index contributed by atoms with van der Waals surface area (Å²) in [6.45, 7) is 3.51. The highest BCUT2D eigenvalue weighted by Gasteiger charge is 2.62. The Morgan fingerprint density at radius 3 is 1.70 bits per heavy atom. The largest absolute Gasteiger partial charge is 0.507 e. The summed E-state index contributed by atoms with van der Waals surface area (Å²) in [7, 11) is -3.59. The molecule has 2 heterocycles. The number of carbonyl (C=O) groups is 4. The number of rotatable bonds is 5. The van der Waals surface area contributed by atoms with Crippen molar-refractivity contribution in [3.8, 4) is 5.75 Å². The predicted molar refractivity (Wildman–Crippen MR) is 173 cm³/mol. The smallest absolute Gasteiger partial charge is 0.488 e. The molecule has 238 valence electrons. The lowest BCUT2D eigenvalue weighted by Crippen LogP contribution is -2.43. The molecule has 6 unspecified atom stereocenters. The van der Waals surface area contributed by atoms with Crippen LogP contribution in [0.4, 0.5) is 11.4 Å². The zero-order chi connectivity index (χ0) is 33.5. The molecule has 13 heteroatoms. The van der Waals surface area contributed by atoms with Crippen LogP contribution in [-0.4, -0.2) is 63.1 Å². The van der Waals surface area contributed by atoms with E-state index in [0.717, 1.165) is 15.4 Å². The third-order valence-corrected chi connectivity index (χ3v) is 10.4. The number of phenols is 1. The van der Waals surface area contributed by atoms with Gasteiger partial charge in [-0.05, 0) is 84.5 Å². The number of amides is 4. The Morgan fingerprint density at radius 1 is 0.660 bits per heavy atom. The molecule has 1 saturated carbocycles. The number of benzene rings is 3. The molecular weight excluding hydrogens is 602 g/mol. The van der Waals surface area contributed by atoms with Gasteiger partial charge in [-0.1, -0.05) is 48.0 Å². The van der Waals surface area contributed by atoms with E-state index in [1.807, 2.05) is 6.08 Å². The summed E-state index contributed by atoms with van der Waals surface area (Å²) in [4.78, 5) is 58.7. The van der Waals surface area contributed by atoms with Crippen molar-refractivity contribution in [1.82, 2.24) is 0 Å². The Balaban J connectivity index is 1.34. The number of allylic oxidation sites excluding steroid dienone is 2. The van der Waals surface area contributed by atoms with Gasteiger partial charge in [-0.25, -0.2) is 0 Å². The molecule has 2 aliphatic carbocycles. The maximum absolute atomic E-state index is 14.3. The number of hydrogen-bond acceptors (Lipinski definition) is 9. The topological polar surface area (TPSA) is 176 Å². The highest BCUT2D eigenvalue weighted by Crippen LogP contribution is 2.58. The Hall–Kier alpha value is -4.55. The van der Waals surface area contributed by atoms with E-state index in [0.29, 0.717) is 16.7 Å². The van der Waals surface area contributed by atoms with Crippen molar-refractivity contribution >= 4 is 60.2 Å². The van der Waals surface area contributed by atoms with E-state index in [4.69, 9.17) is 0 Å². The van der Waals surface area contributed by atoms with Gasteiger partial charge in [0, 0.05) is 5.92 Å². The second-order valence-corrected chi connectivity index (χ2v) is 13.0. The molecule has 5 N–H and O–H groups in total. The normalized spacial score (nSPS) is 26.6. The van der Waals surface area contributed by atoms with Crippen molar-refractivity contribution in [3.63, 3.8) is 0 Å². The first-order valence-corrected chi connectivity index (χ1v) is 15.6. The molecule has 11 nitrogen and oxygen atoms in total. The molecule has 6 atom stereocenters. The van der Waals surface area contributed by atoms with E-state index in [-0.39, 0.29) is 40.9 Å². The Bertz CT molecular complexity index is 1870. The van der Waals surface area contributed by atoms with Gasteiger partial charge in [-0.2, -0.15) is 0 Å². The molecule has 0 spiro atoms. The summed E-state index contributed by atoms with van der Waals surface area (Å²) in [5, 5.41) is 49.5. The van der Waals surface area contributed by atoms with Crippen molar-refractivity contribution < 1.29 is 44.4 Å². The minimum absolute atomic E-state index is 0.117. The average Bonchev–Trinajstić information content (AvgIpc) is 3.45. The lowest BCUT2D eigenvalue weighted by Gasteiger charge is -2.44. The summed E-state index contributed by atoms with van der Waals surface area (Å²) < 4.78 is 0. The highest BCUT2D eigenvalue weighted by molar-refractivity contribution is 6.59. The quantitative estimate of drug-likeness (QED) is 0.151. The number of aromatic hydroxyl groups is 1. The van der Waals surface area contributed by atoms with Gasteiger partial charge >= 0.3 is 14.2 Å². The van der Waals surface area contributed by atoms with Crippen LogP contribution in [0.1, 0.15) is 35.4 Å². The van der Waals surface area contributed by atoms with E-state index in [2.05, 4.69) is 0 Å². The number of fused-ring (bicyclic) bond motifs is 4. The van der Waals surface area contributed by atoms with Crippen LogP contribution in [0.3, 0.4) is 0 Å². The fourth-order valence-corrected chi connectivity index (χ4v) is 8.29. The first-order valence-electron chi connectivity index (χ1n) is 15.6. The summed E-state index contributed by atoms with van der Waals surface area (Å²) in [5.41, 5.74) is 3.36. The zero-order valence-electron chi connectivity index (χ0n) is 25.6. The zero-order valence-corrected chi connectivity index (χ0v) is 25.6. The Labute approximate surface area is 271 Å². The number of carbonyl (C=O) groups excluding carboxylic acids is 4. The number of phenolic OH excluding ortho intramolecular Hbond substituents is 1. The van der Waals surface area contributed by atoms with Gasteiger partial charge < -0.3 is 25.2 Å². The number of imide groups is 2. The minimum atomic E-state index is -1.80. The fraction of sp³-hybridized carbons (Fsp3) is 0.294. The van der Waals surface area contributed by atoms with Crippen molar-refractivity contribution in [2.75, 3.05) is 9.80 Å². The number of aryl methyl sites for hydroxylation is 2. The first-order chi connectivity index (χ1) is 22.4. The summed E-state index contributed by atoms with van der Waals surface area (Å²) >= 11 is 0. The third kappa shape index (κ3) is 4.76. The molecule has 7 rings (SSSR count). The van der Waals surface area contributed by atoms with Crippen LogP contribution < -0.4 is 20.7 Å². The Kier molecular flexibility index (Phi) is 7.47. The molecule has 0 bridgehead atoms. The van der Waals surface area contributed by atoms with Crippen LogP contribution >= 0.6 is 0 Å². The van der Waals surface area contributed by atoms with Gasteiger partial charge in [0.05, 0.1) is 35.0 Å². The number of nitrogens with zero attached hydrogens (tertiary/aromatic N) is 2. The number of anilines is 2. The van der Waals surface area contributed by atoms with Crippen LogP contribution in [0.25, 0.3) is 0 Å². The summed E-state index contributed by atoms with van der Waals surface area (Å²) in [6, 6.07) is 15.5. The van der Waals surface area contributed by atoms with Gasteiger partial charge in [-0.15, -0.1) is 0 Å². The molecule has 2 saturated heterocycles. The molecule has 3 fully saturated rings. The second-order valence-electron chi connectivity index (χ2n) is 13.0. The number of hydrogen-bond donors (Lipinski definition) is 5. The molecule has 3 aromatic rings. The highest BCUT2D eigenvalue weighted by atomic mass is 16.4. The first kappa shape index (κ1) is 31.1. The molecule has 4 aliphatic rings. The van der Waals surface area contributed by atoms with Gasteiger partial charge in [-0.3, -0.25) is 29.0 Å². The lowest BCUT2D eigenvalue weighted by molar-refractivity contribution is -0.126.